The van der Waals surface area contributed by atoms with Gasteiger partial charge >= 0.3 is 0 Å². The topological polar surface area (TPSA) is 72.7 Å². The van der Waals surface area contributed by atoms with Crippen molar-refractivity contribution in [1.82, 2.24) is 19.7 Å². The van der Waals surface area contributed by atoms with E-state index in [2.05, 4.69) is 27.4 Å². The highest BCUT2D eigenvalue weighted by atomic mass is 32.2. The molecule has 136 valence electrons. The van der Waals surface area contributed by atoms with Crippen molar-refractivity contribution < 1.29 is 4.79 Å². The molecule has 0 saturated carbocycles. The van der Waals surface area contributed by atoms with E-state index >= 15 is 0 Å². The summed E-state index contributed by atoms with van der Waals surface area (Å²) in [5.41, 5.74) is 1.91. The molecule has 0 atom stereocenters. The van der Waals surface area contributed by atoms with E-state index in [-0.39, 0.29) is 11.7 Å². The molecule has 0 aliphatic heterocycles. The average Bonchev–Trinajstić information content (AvgIpc) is 3.26. The van der Waals surface area contributed by atoms with Gasteiger partial charge in [0.15, 0.2) is 10.3 Å². The number of aromatic nitrogens is 4. The molecule has 1 aromatic carbocycles. The highest BCUT2D eigenvalue weighted by molar-refractivity contribution is 7.99. The van der Waals surface area contributed by atoms with Crippen LogP contribution in [0.1, 0.15) is 25.6 Å². The number of rotatable bonds is 8. The first-order valence-electron chi connectivity index (χ1n) is 8.49. The monoisotopic (exact) mass is 387 g/mol. The fraction of sp³-hybridized carbons (Fsp3) is 0.333. The average molecular weight is 388 g/mol. The molecule has 8 heteroatoms. The molecule has 0 aliphatic carbocycles. The van der Waals surface area contributed by atoms with Crippen molar-refractivity contribution in [1.29, 1.82) is 0 Å². The number of nitrogens with one attached hydrogen (secondary N) is 1. The number of thiazole rings is 1. The fourth-order valence-electron chi connectivity index (χ4n) is 2.38. The highest BCUT2D eigenvalue weighted by Gasteiger charge is 2.12. The SMILES string of the molecule is CCCCc1nnc(SCC(=O)Nc2nc(-c3ccccc3)cs2)n1C. The van der Waals surface area contributed by atoms with Gasteiger partial charge in [0.1, 0.15) is 5.82 Å². The maximum atomic E-state index is 12.2. The number of carbonyl (C=O) groups is 1. The molecular formula is C18H21N5OS2. The molecule has 6 nitrogen and oxygen atoms in total. The first kappa shape index (κ1) is 18.6. The molecule has 0 fully saturated rings. The van der Waals surface area contributed by atoms with Crippen molar-refractivity contribution in [2.45, 2.75) is 31.3 Å². The van der Waals surface area contributed by atoms with Gasteiger partial charge < -0.3 is 9.88 Å². The minimum absolute atomic E-state index is 0.0953. The predicted octanol–water partition coefficient (Wildman–Crippen LogP) is 4.01. The molecule has 0 saturated heterocycles. The molecule has 0 spiro atoms. The smallest absolute Gasteiger partial charge is 0.236 e. The molecule has 0 bridgehead atoms. The van der Waals surface area contributed by atoms with E-state index in [1.54, 1.807) is 0 Å². The zero-order valence-corrected chi connectivity index (χ0v) is 16.4. The number of benzene rings is 1. The number of hydrogen-bond acceptors (Lipinski definition) is 6. The second-order valence-electron chi connectivity index (χ2n) is 5.80. The van der Waals surface area contributed by atoms with Crippen LogP contribution < -0.4 is 5.32 Å². The van der Waals surface area contributed by atoms with Crippen LogP contribution in [0.3, 0.4) is 0 Å². The summed E-state index contributed by atoms with van der Waals surface area (Å²) in [5, 5.41) is 14.5. The maximum Gasteiger partial charge on any atom is 0.236 e. The Morgan fingerprint density at radius 1 is 1.27 bits per heavy atom. The van der Waals surface area contributed by atoms with Gasteiger partial charge in [-0.1, -0.05) is 55.4 Å². The minimum Gasteiger partial charge on any atom is -0.309 e. The number of carbonyl (C=O) groups excluding carboxylic acids is 1. The Hall–Kier alpha value is -2.19. The van der Waals surface area contributed by atoms with Crippen LogP contribution >= 0.6 is 23.1 Å². The second kappa shape index (κ2) is 8.95. The van der Waals surface area contributed by atoms with Gasteiger partial charge in [0.05, 0.1) is 11.4 Å². The second-order valence-corrected chi connectivity index (χ2v) is 7.60. The maximum absolute atomic E-state index is 12.2. The number of anilines is 1. The molecule has 3 rings (SSSR count). The summed E-state index contributed by atoms with van der Waals surface area (Å²) < 4.78 is 1.96. The van der Waals surface area contributed by atoms with Crippen LogP contribution in [-0.4, -0.2) is 31.4 Å². The quantitative estimate of drug-likeness (QED) is 0.591. The molecule has 1 amide bonds. The standard InChI is InChI=1S/C18H21N5OS2/c1-3-4-10-15-21-22-18(23(15)2)26-12-16(24)20-17-19-14(11-25-17)13-8-6-5-7-9-13/h5-9,11H,3-4,10,12H2,1-2H3,(H,19,20,24). The summed E-state index contributed by atoms with van der Waals surface area (Å²) in [7, 11) is 1.94. The van der Waals surface area contributed by atoms with Gasteiger partial charge in [-0.15, -0.1) is 21.5 Å². The Morgan fingerprint density at radius 2 is 2.08 bits per heavy atom. The van der Waals surface area contributed by atoms with Gasteiger partial charge in [-0.3, -0.25) is 4.79 Å². The van der Waals surface area contributed by atoms with E-state index in [0.717, 1.165) is 41.5 Å². The van der Waals surface area contributed by atoms with Crippen LogP contribution in [0, 0.1) is 0 Å². The van der Waals surface area contributed by atoms with Crippen LogP contribution in [0.4, 0.5) is 5.13 Å². The van der Waals surface area contributed by atoms with E-state index in [1.807, 2.05) is 47.3 Å². The van der Waals surface area contributed by atoms with Crippen LogP contribution in [-0.2, 0) is 18.3 Å². The van der Waals surface area contributed by atoms with Gasteiger partial charge in [0, 0.05) is 24.4 Å². The lowest BCUT2D eigenvalue weighted by Crippen LogP contribution is -2.14. The lowest BCUT2D eigenvalue weighted by molar-refractivity contribution is -0.113. The number of nitrogens with zero attached hydrogens (tertiary/aromatic N) is 4. The molecule has 0 radical (unpaired) electrons. The van der Waals surface area contributed by atoms with E-state index in [9.17, 15) is 4.79 Å². The predicted molar refractivity (Wildman–Crippen MR) is 107 cm³/mol. The third-order valence-electron chi connectivity index (χ3n) is 3.83. The fourth-order valence-corrected chi connectivity index (χ4v) is 3.85. The van der Waals surface area contributed by atoms with Crippen molar-refractivity contribution in [2.75, 3.05) is 11.1 Å². The van der Waals surface area contributed by atoms with Crippen molar-refractivity contribution in [2.24, 2.45) is 7.05 Å². The molecular weight excluding hydrogens is 366 g/mol. The lowest BCUT2D eigenvalue weighted by atomic mass is 10.2. The van der Waals surface area contributed by atoms with Gasteiger partial charge in [0.25, 0.3) is 0 Å². The number of aryl methyl sites for hydroxylation is 1. The van der Waals surface area contributed by atoms with Gasteiger partial charge in [-0.25, -0.2) is 4.98 Å². The molecule has 3 aromatic rings. The number of amides is 1. The zero-order valence-electron chi connectivity index (χ0n) is 14.8. The van der Waals surface area contributed by atoms with Crippen LogP contribution in [0.25, 0.3) is 11.3 Å². The van der Waals surface area contributed by atoms with Crippen molar-refractivity contribution in [3.05, 3.63) is 41.5 Å². The van der Waals surface area contributed by atoms with Crippen molar-refractivity contribution in [3.63, 3.8) is 0 Å². The zero-order chi connectivity index (χ0) is 18.4. The Bertz CT molecular complexity index is 860. The summed E-state index contributed by atoms with van der Waals surface area (Å²) in [6.07, 6.45) is 3.12. The largest absolute Gasteiger partial charge is 0.309 e. The normalized spacial score (nSPS) is 10.8. The van der Waals surface area contributed by atoms with Crippen LogP contribution in [0.15, 0.2) is 40.9 Å². The first-order chi connectivity index (χ1) is 12.7. The van der Waals surface area contributed by atoms with Crippen molar-refractivity contribution in [3.8, 4) is 11.3 Å². The van der Waals surface area contributed by atoms with E-state index in [0.29, 0.717) is 5.13 Å². The van der Waals surface area contributed by atoms with Gasteiger partial charge in [0.2, 0.25) is 5.91 Å². The summed E-state index contributed by atoms with van der Waals surface area (Å²) in [5.74, 6) is 1.14. The van der Waals surface area contributed by atoms with E-state index in [4.69, 9.17) is 0 Å². The van der Waals surface area contributed by atoms with Gasteiger partial charge in [-0.05, 0) is 6.42 Å². The van der Waals surface area contributed by atoms with E-state index < -0.39 is 0 Å². The molecule has 26 heavy (non-hydrogen) atoms. The summed E-state index contributed by atoms with van der Waals surface area (Å²) in [6, 6.07) is 9.91. The third kappa shape index (κ3) is 4.70. The summed E-state index contributed by atoms with van der Waals surface area (Å²) in [4.78, 5) is 16.7. The van der Waals surface area contributed by atoms with Crippen LogP contribution in [0.2, 0.25) is 0 Å². The summed E-state index contributed by atoms with van der Waals surface area (Å²) in [6.45, 7) is 2.15. The van der Waals surface area contributed by atoms with E-state index in [1.165, 1.54) is 23.1 Å². The Labute approximate surface area is 161 Å². The van der Waals surface area contributed by atoms with Gasteiger partial charge in [-0.2, -0.15) is 0 Å². The summed E-state index contributed by atoms with van der Waals surface area (Å²) >= 11 is 2.81. The minimum atomic E-state index is -0.0953. The Morgan fingerprint density at radius 3 is 2.85 bits per heavy atom. The van der Waals surface area contributed by atoms with Crippen LogP contribution in [0.5, 0.6) is 0 Å². The molecule has 0 unspecified atom stereocenters. The number of thioether (sulfide) groups is 1. The molecule has 2 heterocycles. The molecule has 0 aliphatic rings. The Kier molecular flexibility index (Phi) is 6.40. The lowest BCUT2D eigenvalue weighted by Gasteiger charge is -2.03. The third-order valence-corrected chi connectivity index (χ3v) is 5.61. The number of hydrogen-bond donors (Lipinski definition) is 1. The highest BCUT2D eigenvalue weighted by Crippen LogP contribution is 2.25. The molecule has 2 aromatic heterocycles. The number of unbranched alkanes of at least 4 members (excludes halogenated alkanes) is 1. The molecule has 1 N–H and O–H groups in total. The van der Waals surface area contributed by atoms with Crippen molar-refractivity contribution >= 4 is 34.1 Å². The first-order valence-corrected chi connectivity index (χ1v) is 10.4. The Balaban J connectivity index is 1.53.